The van der Waals surface area contributed by atoms with E-state index in [9.17, 15) is 0 Å². The van der Waals surface area contributed by atoms with E-state index >= 15 is 0 Å². The topological polar surface area (TPSA) is 0 Å². The Bertz CT molecular complexity index is 688. The Morgan fingerprint density at radius 1 is 0.611 bits per heavy atom. The highest BCUT2D eigenvalue weighted by Crippen LogP contribution is 2.29. The molecular formula is C18H16. The largest absolute Gasteiger partial charge is 0.0617 e. The van der Waals surface area contributed by atoms with Gasteiger partial charge < -0.3 is 0 Å². The zero-order chi connectivity index (χ0) is 12.5. The van der Waals surface area contributed by atoms with E-state index in [1.807, 2.05) is 0 Å². The lowest BCUT2D eigenvalue weighted by Gasteiger charge is -2.10. The maximum atomic E-state index is 2.28. The number of fused-ring (bicyclic) bond motifs is 1. The molecule has 0 radical (unpaired) electrons. The van der Waals surface area contributed by atoms with E-state index in [0.29, 0.717) is 0 Å². The lowest BCUT2D eigenvalue weighted by atomic mass is 9.94. The predicted molar refractivity (Wildman–Crippen MR) is 78.9 cm³/mol. The summed E-state index contributed by atoms with van der Waals surface area (Å²) < 4.78 is 0. The van der Waals surface area contributed by atoms with E-state index < -0.39 is 0 Å². The van der Waals surface area contributed by atoms with Gasteiger partial charge in [0.25, 0.3) is 0 Å². The quantitative estimate of drug-likeness (QED) is 0.546. The highest BCUT2D eigenvalue weighted by atomic mass is 14.1. The molecule has 3 aromatic carbocycles. The third-order valence-electron chi connectivity index (χ3n) is 3.52. The molecular weight excluding hydrogens is 216 g/mol. The number of aryl methyl sites for hydroxylation is 2. The molecule has 0 saturated heterocycles. The van der Waals surface area contributed by atoms with Crippen molar-refractivity contribution in [3.8, 4) is 11.1 Å². The van der Waals surface area contributed by atoms with Gasteiger partial charge in [-0.25, -0.2) is 0 Å². The number of rotatable bonds is 1. The summed E-state index contributed by atoms with van der Waals surface area (Å²) in [4.78, 5) is 0. The molecule has 0 heteroatoms. The molecule has 3 aromatic rings. The van der Waals surface area contributed by atoms with Crippen molar-refractivity contribution in [3.63, 3.8) is 0 Å². The summed E-state index contributed by atoms with van der Waals surface area (Å²) in [6, 6.07) is 21.7. The van der Waals surface area contributed by atoms with Crippen LogP contribution in [0.1, 0.15) is 11.1 Å². The average molecular weight is 232 g/mol. The van der Waals surface area contributed by atoms with E-state index in [0.717, 1.165) is 0 Å². The Hall–Kier alpha value is -2.08. The predicted octanol–water partition coefficient (Wildman–Crippen LogP) is 5.12. The van der Waals surface area contributed by atoms with E-state index in [-0.39, 0.29) is 0 Å². The van der Waals surface area contributed by atoms with Gasteiger partial charge in [0.2, 0.25) is 0 Å². The van der Waals surface area contributed by atoms with Gasteiger partial charge in [-0.1, -0.05) is 54.6 Å². The molecule has 0 fully saturated rings. The average Bonchev–Trinajstić information content (AvgIpc) is 2.38. The Kier molecular flexibility index (Phi) is 2.64. The Balaban J connectivity index is 2.26. The van der Waals surface area contributed by atoms with Gasteiger partial charge in [0, 0.05) is 0 Å². The van der Waals surface area contributed by atoms with Gasteiger partial charge in [0.1, 0.15) is 0 Å². The second-order valence-electron chi connectivity index (χ2n) is 4.83. The van der Waals surface area contributed by atoms with Crippen LogP contribution in [0, 0.1) is 13.8 Å². The summed E-state index contributed by atoms with van der Waals surface area (Å²) >= 11 is 0. The standard InChI is InChI=1S/C18H16/c1-13-6-5-7-14(2)18(13)17-11-10-15-8-3-4-9-16(15)12-17/h3-12H,1-2H3. The summed E-state index contributed by atoms with van der Waals surface area (Å²) in [5.41, 5.74) is 5.35. The van der Waals surface area contributed by atoms with E-state index in [2.05, 4.69) is 74.5 Å². The van der Waals surface area contributed by atoms with Crippen molar-refractivity contribution in [1.29, 1.82) is 0 Å². The lowest BCUT2D eigenvalue weighted by Crippen LogP contribution is -1.87. The number of hydrogen-bond donors (Lipinski definition) is 0. The molecule has 0 spiro atoms. The molecule has 0 aliphatic carbocycles. The molecule has 0 unspecified atom stereocenters. The highest BCUT2D eigenvalue weighted by Gasteiger charge is 2.05. The van der Waals surface area contributed by atoms with Crippen molar-refractivity contribution < 1.29 is 0 Å². The fourth-order valence-corrected chi connectivity index (χ4v) is 2.61. The Morgan fingerprint density at radius 2 is 1.28 bits per heavy atom. The molecule has 0 N–H and O–H groups in total. The first kappa shape index (κ1) is 11.0. The summed E-state index contributed by atoms with van der Waals surface area (Å²) in [7, 11) is 0. The van der Waals surface area contributed by atoms with Crippen LogP contribution in [0.3, 0.4) is 0 Å². The molecule has 0 aromatic heterocycles. The molecule has 3 rings (SSSR count). The molecule has 0 aliphatic rings. The van der Waals surface area contributed by atoms with E-state index in [1.165, 1.54) is 33.0 Å². The van der Waals surface area contributed by atoms with Crippen LogP contribution in [0.2, 0.25) is 0 Å². The van der Waals surface area contributed by atoms with Gasteiger partial charge in [-0.15, -0.1) is 0 Å². The van der Waals surface area contributed by atoms with Crippen LogP contribution in [-0.4, -0.2) is 0 Å². The molecule has 0 aliphatic heterocycles. The third-order valence-corrected chi connectivity index (χ3v) is 3.52. The first-order chi connectivity index (χ1) is 8.75. The van der Waals surface area contributed by atoms with Crippen molar-refractivity contribution in [2.24, 2.45) is 0 Å². The van der Waals surface area contributed by atoms with Crippen molar-refractivity contribution in [2.45, 2.75) is 13.8 Å². The van der Waals surface area contributed by atoms with Crippen LogP contribution in [0.25, 0.3) is 21.9 Å². The number of hydrogen-bond acceptors (Lipinski definition) is 0. The van der Waals surface area contributed by atoms with Crippen molar-refractivity contribution in [2.75, 3.05) is 0 Å². The first-order valence-corrected chi connectivity index (χ1v) is 6.31. The monoisotopic (exact) mass is 232 g/mol. The van der Waals surface area contributed by atoms with Crippen molar-refractivity contribution in [3.05, 3.63) is 71.8 Å². The summed E-state index contributed by atoms with van der Waals surface area (Å²) in [6.07, 6.45) is 0. The molecule has 0 nitrogen and oxygen atoms in total. The fraction of sp³-hybridized carbons (Fsp3) is 0.111. The van der Waals surface area contributed by atoms with Crippen LogP contribution in [0.4, 0.5) is 0 Å². The molecule has 0 heterocycles. The minimum Gasteiger partial charge on any atom is -0.0617 e. The van der Waals surface area contributed by atoms with Crippen LogP contribution in [0.15, 0.2) is 60.7 Å². The summed E-state index contributed by atoms with van der Waals surface area (Å²) in [5.74, 6) is 0. The SMILES string of the molecule is Cc1cccc(C)c1-c1ccc2ccccc2c1. The molecule has 88 valence electrons. The van der Waals surface area contributed by atoms with Gasteiger partial charge in [0.15, 0.2) is 0 Å². The van der Waals surface area contributed by atoms with E-state index in [4.69, 9.17) is 0 Å². The normalized spacial score (nSPS) is 10.8. The molecule has 0 bridgehead atoms. The summed E-state index contributed by atoms with van der Waals surface area (Å²) in [6.45, 7) is 4.36. The third kappa shape index (κ3) is 1.80. The molecule has 0 atom stereocenters. The van der Waals surface area contributed by atoms with Gasteiger partial charge in [-0.3, -0.25) is 0 Å². The van der Waals surface area contributed by atoms with E-state index in [1.54, 1.807) is 0 Å². The second-order valence-corrected chi connectivity index (χ2v) is 4.83. The maximum Gasteiger partial charge on any atom is -0.0125 e. The van der Waals surface area contributed by atoms with Gasteiger partial charge in [-0.2, -0.15) is 0 Å². The molecule has 0 saturated carbocycles. The van der Waals surface area contributed by atoms with Crippen LogP contribution in [-0.2, 0) is 0 Å². The second kappa shape index (κ2) is 4.30. The van der Waals surface area contributed by atoms with Crippen LogP contribution >= 0.6 is 0 Å². The zero-order valence-electron chi connectivity index (χ0n) is 10.8. The smallest absolute Gasteiger partial charge is 0.0125 e. The minimum atomic E-state index is 1.30. The van der Waals surface area contributed by atoms with Crippen molar-refractivity contribution in [1.82, 2.24) is 0 Å². The first-order valence-electron chi connectivity index (χ1n) is 6.31. The Morgan fingerprint density at radius 3 is 2.00 bits per heavy atom. The van der Waals surface area contributed by atoms with Gasteiger partial charge in [0.05, 0.1) is 0 Å². The zero-order valence-corrected chi connectivity index (χ0v) is 10.8. The molecule has 0 amide bonds. The van der Waals surface area contributed by atoms with Crippen LogP contribution < -0.4 is 0 Å². The minimum absolute atomic E-state index is 1.30. The Labute approximate surface area is 108 Å². The maximum absolute atomic E-state index is 2.28. The number of benzene rings is 3. The van der Waals surface area contributed by atoms with Gasteiger partial charge in [-0.05, 0) is 52.9 Å². The van der Waals surface area contributed by atoms with Crippen molar-refractivity contribution >= 4 is 10.8 Å². The molecule has 18 heavy (non-hydrogen) atoms. The fourth-order valence-electron chi connectivity index (χ4n) is 2.61. The highest BCUT2D eigenvalue weighted by molar-refractivity contribution is 5.88. The van der Waals surface area contributed by atoms with Crippen LogP contribution in [0.5, 0.6) is 0 Å². The lowest BCUT2D eigenvalue weighted by molar-refractivity contribution is 1.38. The summed E-state index contributed by atoms with van der Waals surface area (Å²) in [5, 5.41) is 2.60. The van der Waals surface area contributed by atoms with Gasteiger partial charge >= 0.3 is 0 Å².